The van der Waals surface area contributed by atoms with Gasteiger partial charge in [0.1, 0.15) is 9.79 Å². The summed E-state index contributed by atoms with van der Waals surface area (Å²) in [4.78, 5) is 5.68. The number of para-hydroxylation sites is 1. The lowest BCUT2D eigenvalue weighted by Gasteiger charge is -2.18. The summed E-state index contributed by atoms with van der Waals surface area (Å²) in [6.45, 7) is -0.151. The Balaban J connectivity index is 2.49. The molecule has 32 heavy (non-hydrogen) atoms. The van der Waals surface area contributed by atoms with E-state index in [9.17, 15) is 16.8 Å². The van der Waals surface area contributed by atoms with Crippen LogP contribution in [0.15, 0.2) is 45.2 Å². The van der Waals surface area contributed by atoms with Gasteiger partial charge in [0.15, 0.2) is 11.8 Å². The van der Waals surface area contributed by atoms with E-state index in [1.807, 2.05) is 5.53 Å². The highest BCUT2D eigenvalue weighted by atomic mass is 32.2. The zero-order chi connectivity index (χ0) is 23.7. The lowest BCUT2D eigenvalue weighted by Crippen LogP contribution is -2.33. The van der Waals surface area contributed by atoms with Crippen molar-refractivity contribution >= 4 is 42.9 Å². The number of sulfonamides is 2. The maximum atomic E-state index is 12.8. The van der Waals surface area contributed by atoms with Crippen LogP contribution in [0.1, 0.15) is 5.56 Å². The number of nitrogens with zero attached hydrogens (tertiary/aromatic N) is 2. The molecule has 3 aromatic rings. The molecule has 0 aliphatic carbocycles. The summed E-state index contributed by atoms with van der Waals surface area (Å²) in [5.41, 5.74) is 20.3. The first-order valence-corrected chi connectivity index (χ1v) is 12.0. The summed E-state index contributed by atoms with van der Waals surface area (Å²) >= 11 is 0. The maximum absolute atomic E-state index is 12.8. The minimum absolute atomic E-state index is 0.0157. The van der Waals surface area contributed by atoms with Gasteiger partial charge in [-0.15, -0.1) is 5.10 Å². The fourth-order valence-electron chi connectivity index (χ4n) is 3.20. The number of primary sulfonamides is 1. The van der Waals surface area contributed by atoms with E-state index in [2.05, 4.69) is 19.8 Å². The molecule has 2 aromatic carbocycles. The molecule has 0 aliphatic heterocycles. The summed E-state index contributed by atoms with van der Waals surface area (Å²) in [5.74, 6) is 4.92. The third-order valence-electron chi connectivity index (χ3n) is 4.39. The maximum Gasteiger partial charge on any atom is 0.241 e. The molecular formula is C16H22N10O4S2. The molecule has 14 nitrogen and oxygen atoms in total. The number of aromatic amines is 1. The minimum atomic E-state index is -4.65. The number of rotatable bonds is 8. The average molecular weight is 483 g/mol. The van der Waals surface area contributed by atoms with E-state index in [4.69, 9.17) is 28.2 Å². The normalized spacial score (nSPS) is 12.9. The number of benzene rings is 2. The van der Waals surface area contributed by atoms with E-state index in [1.165, 1.54) is 6.07 Å². The Bertz CT molecular complexity index is 1410. The molecule has 0 atom stereocenters. The number of imidazole rings is 1. The molecule has 0 saturated heterocycles. The smallest absolute Gasteiger partial charge is 0.241 e. The number of hydrazine groups is 1. The molecule has 0 saturated carbocycles. The van der Waals surface area contributed by atoms with Crippen LogP contribution in [0, 0.1) is 0 Å². The SMILES string of the molecule is NCCNS(=O)(=O)c1ccc(-c2cccc3[nH]c(N)nc23)c(/C(N)=N/NN)c1S(N)(=O)=O. The van der Waals surface area contributed by atoms with E-state index >= 15 is 0 Å². The second kappa shape index (κ2) is 8.69. The molecule has 172 valence electrons. The Kier molecular flexibility index (Phi) is 6.35. The molecule has 0 radical (unpaired) electrons. The third-order valence-corrected chi connectivity index (χ3v) is 7.02. The highest BCUT2D eigenvalue weighted by Crippen LogP contribution is 2.36. The van der Waals surface area contributed by atoms with Crippen molar-refractivity contribution in [2.24, 2.45) is 27.6 Å². The van der Waals surface area contributed by atoms with Crippen molar-refractivity contribution in [2.75, 3.05) is 18.8 Å². The van der Waals surface area contributed by atoms with Gasteiger partial charge in [-0.3, -0.25) is 0 Å². The molecule has 1 aromatic heterocycles. The molecular weight excluding hydrogens is 460 g/mol. The van der Waals surface area contributed by atoms with E-state index in [-0.39, 0.29) is 30.2 Å². The van der Waals surface area contributed by atoms with Crippen molar-refractivity contribution in [3.63, 3.8) is 0 Å². The van der Waals surface area contributed by atoms with Crippen LogP contribution in [0.2, 0.25) is 0 Å². The lowest BCUT2D eigenvalue weighted by molar-refractivity contribution is 0.573. The Morgan fingerprint density at radius 2 is 1.84 bits per heavy atom. The number of anilines is 1. The van der Waals surface area contributed by atoms with Gasteiger partial charge in [-0.2, -0.15) is 0 Å². The van der Waals surface area contributed by atoms with Crippen molar-refractivity contribution in [3.8, 4) is 11.1 Å². The molecule has 0 spiro atoms. The van der Waals surface area contributed by atoms with Gasteiger partial charge in [-0.05, 0) is 17.7 Å². The van der Waals surface area contributed by atoms with Crippen LogP contribution in [0.25, 0.3) is 22.2 Å². The van der Waals surface area contributed by atoms with Gasteiger partial charge >= 0.3 is 0 Å². The van der Waals surface area contributed by atoms with Gasteiger partial charge in [-0.1, -0.05) is 18.2 Å². The molecule has 0 amide bonds. The van der Waals surface area contributed by atoms with Gasteiger partial charge in [0.05, 0.1) is 11.0 Å². The lowest BCUT2D eigenvalue weighted by atomic mass is 9.97. The van der Waals surface area contributed by atoms with E-state index in [0.29, 0.717) is 16.6 Å². The van der Waals surface area contributed by atoms with Gasteiger partial charge in [-0.25, -0.2) is 43.1 Å². The highest BCUT2D eigenvalue weighted by Gasteiger charge is 2.31. The largest absolute Gasteiger partial charge is 0.382 e. The van der Waals surface area contributed by atoms with E-state index in [1.54, 1.807) is 18.2 Å². The first-order valence-electron chi connectivity index (χ1n) is 8.94. The van der Waals surface area contributed by atoms with Crippen LogP contribution in [0.5, 0.6) is 0 Å². The molecule has 0 bridgehead atoms. The Labute approximate surface area is 183 Å². The zero-order valence-electron chi connectivity index (χ0n) is 16.5. The Morgan fingerprint density at radius 3 is 2.47 bits per heavy atom. The molecule has 0 aliphatic rings. The van der Waals surface area contributed by atoms with Crippen molar-refractivity contribution in [1.29, 1.82) is 0 Å². The summed E-state index contributed by atoms with van der Waals surface area (Å²) in [6.07, 6.45) is 0. The molecule has 3 rings (SSSR count). The van der Waals surface area contributed by atoms with Crippen LogP contribution in [-0.4, -0.2) is 45.7 Å². The van der Waals surface area contributed by atoms with E-state index in [0.717, 1.165) is 6.07 Å². The van der Waals surface area contributed by atoms with Crippen LogP contribution < -0.4 is 38.4 Å². The fraction of sp³-hybridized carbons (Fsp3) is 0.125. The quantitative estimate of drug-likeness (QED) is 0.0741. The van der Waals surface area contributed by atoms with Crippen LogP contribution >= 0.6 is 0 Å². The molecule has 0 fully saturated rings. The van der Waals surface area contributed by atoms with Crippen molar-refractivity contribution < 1.29 is 16.8 Å². The van der Waals surface area contributed by atoms with Crippen LogP contribution in [0.3, 0.4) is 0 Å². The van der Waals surface area contributed by atoms with E-state index < -0.39 is 35.7 Å². The summed E-state index contributed by atoms with van der Waals surface area (Å²) in [7, 11) is -8.98. The summed E-state index contributed by atoms with van der Waals surface area (Å²) < 4.78 is 53.1. The Morgan fingerprint density at radius 1 is 1.12 bits per heavy atom. The highest BCUT2D eigenvalue weighted by molar-refractivity contribution is 7.92. The number of amidine groups is 1. The zero-order valence-corrected chi connectivity index (χ0v) is 18.2. The third kappa shape index (κ3) is 4.35. The Hall–Kier alpha value is -3.28. The number of hydrazone groups is 1. The first-order chi connectivity index (χ1) is 15.0. The van der Waals surface area contributed by atoms with Crippen molar-refractivity contribution in [1.82, 2.24) is 20.2 Å². The number of hydrogen-bond acceptors (Lipinski definition) is 10. The average Bonchev–Trinajstić information content (AvgIpc) is 3.11. The molecule has 13 N–H and O–H groups in total. The number of H-pyrrole nitrogens is 1. The second-order valence-corrected chi connectivity index (χ2v) is 9.73. The molecule has 16 heteroatoms. The van der Waals surface area contributed by atoms with Gasteiger partial charge in [0.25, 0.3) is 0 Å². The fourth-order valence-corrected chi connectivity index (χ4v) is 5.86. The number of fused-ring (bicyclic) bond motifs is 1. The van der Waals surface area contributed by atoms with Gasteiger partial charge in [0, 0.05) is 24.2 Å². The summed E-state index contributed by atoms with van der Waals surface area (Å²) in [5, 5.41) is 9.07. The van der Waals surface area contributed by atoms with Gasteiger partial charge < -0.3 is 22.2 Å². The van der Waals surface area contributed by atoms with Gasteiger partial charge in [0.2, 0.25) is 20.0 Å². The minimum Gasteiger partial charge on any atom is -0.382 e. The number of aromatic nitrogens is 2. The number of nitrogen functional groups attached to an aromatic ring is 1. The molecule has 0 unspecified atom stereocenters. The van der Waals surface area contributed by atoms with Crippen LogP contribution in [-0.2, 0) is 20.0 Å². The predicted octanol–water partition coefficient (Wildman–Crippen LogP) is -2.22. The number of nitrogens with two attached hydrogens (primary N) is 5. The second-order valence-electron chi connectivity index (χ2n) is 6.50. The number of hydrogen-bond donors (Lipinski definition) is 8. The monoisotopic (exact) mass is 482 g/mol. The van der Waals surface area contributed by atoms with Crippen LogP contribution in [0.4, 0.5) is 5.95 Å². The summed E-state index contributed by atoms with van der Waals surface area (Å²) in [6, 6.07) is 7.45. The predicted molar refractivity (Wildman–Crippen MR) is 120 cm³/mol. The standard InChI is InChI=1S/C16H22N10O4S2/c17-6-7-22-32(29,30)11-5-4-8(9-2-1-3-10-13(9)24-16(19)23-10)12(15(18)25-26-20)14(11)31(21,27)28/h1-5,22,26H,6-7,17,20H2,(H2,18,25)(H3,19,23,24)(H2,21,27,28). The molecule has 1 heterocycles. The number of nitrogens with one attached hydrogen (secondary N) is 3. The van der Waals surface area contributed by atoms with Crippen molar-refractivity contribution in [3.05, 3.63) is 35.9 Å². The topological polar surface area (TPSA) is 263 Å². The van der Waals surface area contributed by atoms with Crippen molar-refractivity contribution in [2.45, 2.75) is 9.79 Å². The first kappa shape index (κ1) is 23.4.